The van der Waals surface area contributed by atoms with Crippen molar-refractivity contribution in [1.82, 2.24) is 20.6 Å². The second-order valence-electron chi connectivity index (χ2n) is 14.0. The van der Waals surface area contributed by atoms with Gasteiger partial charge in [-0.15, -0.1) is 0 Å². The third kappa shape index (κ3) is 8.12. The quantitative estimate of drug-likeness (QED) is 0.113. The topological polar surface area (TPSA) is 84.0 Å². The highest BCUT2D eigenvalue weighted by Gasteiger charge is 2.28. The van der Waals surface area contributed by atoms with Crippen LogP contribution in [0.15, 0.2) is 180 Å². The molecular weight excluding hydrogens is 753 g/mol. The van der Waals surface area contributed by atoms with Gasteiger partial charge in [0.25, 0.3) is 11.8 Å². The number of fused-ring (bicyclic) bond motifs is 2. The Balaban J connectivity index is 1.32. The number of nitrogens with one attached hydrogen (secondary N) is 2. The molecule has 0 bridgehead atoms. The summed E-state index contributed by atoms with van der Waals surface area (Å²) in [7, 11) is 2.88. The first-order valence-corrected chi connectivity index (χ1v) is 21.7. The molecule has 0 saturated carbocycles. The summed E-state index contributed by atoms with van der Waals surface area (Å²) in [4.78, 5) is 41.7. The van der Waals surface area contributed by atoms with Crippen LogP contribution in [0.3, 0.4) is 0 Å². The molecule has 0 fully saturated rings. The number of para-hydroxylation sites is 2. The summed E-state index contributed by atoms with van der Waals surface area (Å²) in [5.74, 6) is -0.387. The molecule has 2 N–H and O–H groups in total. The molecule has 6 aromatic carbocycles. The third-order valence-corrected chi connectivity index (χ3v) is 12.7. The molecular formula is C50H42N4O2S2. The van der Waals surface area contributed by atoms with E-state index in [-0.39, 0.29) is 23.9 Å². The number of nitrogens with zero attached hydrogens (tertiary/aromatic N) is 2. The molecule has 2 amide bonds. The Kier molecular flexibility index (Phi) is 11.9. The zero-order valence-electron chi connectivity index (χ0n) is 32.3. The largest absolute Gasteiger partial charge is 0.345 e. The van der Waals surface area contributed by atoms with Crippen LogP contribution in [-0.4, -0.2) is 21.8 Å². The lowest BCUT2D eigenvalue weighted by atomic mass is 10.0. The number of pyridine rings is 2. The average Bonchev–Trinajstić information content (AvgIpc) is 3.29. The van der Waals surface area contributed by atoms with Gasteiger partial charge in [0.05, 0.1) is 55.4 Å². The normalized spacial score (nSPS) is 12.2. The molecule has 0 unspecified atom stereocenters. The van der Waals surface area contributed by atoms with Crippen LogP contribution in [0.1, 0.15) is 70.6 Å². The van der Waals surface area contributed by atoms with E-state index in [1.807, 2.05) is 170 Å². The molecule has 0 spiro atoms. The van der Waals surface area contributed by atoms with E-state index in [1.54, 1.807) is 0 Å². The van der Waals surface area contributed by atoms with Crippen LogP contribution in [0, 0.1) is 0 Å². The minimum absolute atomic E-state index is 0.193. The number of hydrogen-bond acceptors (Lipinski definition) is 6. The maximum atomic E-state index is 14.9. The van der Waals surface area contributed by atoms with Gasteiger partial charge in [0, 0.05) is 21.9 Å². The van der Waals surface area contributed by atoms with Gasteiger partial charge in [-0.05, 0) is 57.7 Å². The summed E-state index contributed by atoms with van der Waals surface area (Å²) in [6, 6.07) is 55.3. The van der Waals surface area contributed by atoms with Gasteiger partial charge in [-0.25, -0.2) is 9.97 Å². The summed E-state index contributed by atoms with van der Waals surface area (Å²) in [6.45, 7) is 4.16. The van der Waals surface area contributed by atoms with Crippen LogP contribution in [0.5, 0.6) is 0 Å². The van der Waals surface area contributed by atoms with Gasteiger partial charge in [-0.2, -0.15) is 0 Å². The highest BCUT2D eigenvalue weighted by atomic mass is 33.1. The fourth-order valence-electron chi connectivity index (χ4n) is 7.34. The first-order chi connectivity index (χ1) is 28.5. The first-order valence-electron chi connectivity index (χ1n) is 19.6. The predicted molar refractivity (Wildman–Crippen MR) is 240 cm³/mol. The highest BCUT2D eigenvalue weighted by molar-refractivity contribution is 8.76. The van der Waals surface area contributed by atoms with E-state index in [0.717, 1.165) is 44.1 Å². The molecule has 2 aromatic heterocycles. The second-order valence-corrected chi connectivity index (χ2v) is 16.1. The van der Waals surface area contributed by atoms with Crippen molar-refractivity contribution in [2.24, 2.45) is 0 Å². The molecule has 8 rings (SSSR count). The van der Waals surface area contributed by atoms with Crippen LogP contribution in [0.25, 0.3) is 44.3 Å². The van der Waals surface area contributed by atoms with Crippen LogP contribution < -0.4 is 10.6 Å². The van der Waals surface area contributed by atoms with Crippen molar-refractivity contribution in [3.63, 3.8) is 0 Å². The van der Waals surface area contributed by atoms with E-state index in [1.165, 1.54) is 21.6 Å². The van der Waals surface area contributed by atoms with E-state index in [9.17, 15) is 9.59 Å². The maximum Gasteiger partial charge on any atom is 0.253 e. The zero-order valence-corrected chi connectivity index (χ0v) is 33.9. The van der Waals surface area contributed by atoms with Gasteiger partial charge < -0.3 is 10.6 Å². The number of carbonyl (C=O) groups excluding carboxylic acids is 2. The van der Waals surface area contributed by atoms with Crippen LogP contribution >= 0.6 is 21.6 Å². The minimum atomic E-state index is -0.202. The van der Waals surface area contributed by atoms with Crippen molar-refractivity contribution in [3.05, 3.63) is 192 Å². The molecule has 0 radical (unpaired) electrons. The van der Waals surface area contributed by atoms with Gasteiger partial charge >= 0.3 is 0 Å². The molecule has 286 valence electrons. The van der Waals surface area contributed by atoms with Gasteiger partial charge in [0.15, 0.2) is 0 Å². The van der Waals surface area contributed by atoms with Gasteiger partial charge in [-0.3, -0.25) is 9.59 Å². The number of carbonyl (C=O) groups is 2. The Morgan fingerprint density at radius 2 is 0.793 bits per heavy atom. The summed E-state index contributed by atoms with van der Waals surface area (Å²) < 4.78 is 0. The van der Waals surface area contributed by atoms with E-state index in [2.05, 4.69) is 24.5 Å². The second kappa shape index (κ2) is 17.9. The Labute approximate surface area is 347 Å². The minimum Gasteiger partial charge on any atom is -0.345 e. The summed E-state index contributed by atoms with van der Waals surface area (Å²) in [5, 5.41) is 8.25. The maximum absolute atomic E-state index is 14.9. The molecule has 2 atom stereocenters. The Morgan fingerprint density at radius 3 is 1.16 bits per heavy atom. The van der Waals surface area contributed by atoms with Crippen molar-refractivity contribution < 1.29 is 9.59 Å². The number of hydrogen-bond donors (Lipinski definition) is 2. The standard InChI is InChI=1S/C50H42N4O2S2/c1-3-39(33-21-9-5-10-22-33)53-49(55)43-37-29-17-19-31-41(37)51-45(35-25-13-7-14-26-35)47(43)57-58-48-44(50(56)54-40(4-2)34-23-11-6-12-24-34)38-30-18-20-32-42(38)52-46(48)36-27-15-8-16-28-36/h5-32,39-40H,3-4H2,1-2H3,(H,53,55)(H,54,56)/t39-,40-/m0/s1. The molecule has 58 heavy (non-hydrogen) atoms. The van der Waals surface area contributed by atoms with Crippen LogP contribution in [0.2, 0.25) is 0 Å². The Hall–Kier alpha value is -6.22. The molecule has 6 nitrogen and oxygen atoms in total. The molecule has 8 aromatic rings. The van der Waals surface area contributed by atoms with E-state index >= 15 is 0 Å². The van der Waals surface area contributed by atoms with Crippen molar-refractivity contribution in [1.29, 1.82) is 0 Å². The monoisotopic (exact) mass is 794 g/mol. The first kappa shape index (κ1) is 38.6. The van der Waals surface area contributed by atoms with Gasteiger partial charge in [0.1, 0.15) is 0 Å². The Morgan fingerprint density at radius 1 is 0.466 bits per heavy atom. The van der Waals surface area contributed by atoms with Crippen LogP contribution in [-0.2, 0) is 0 Å². The van der Waals surface area contributed by atoms with Crippen molar-refractivity contribution in [3.8, 4) is 22.5 Å². The molecule has 0 aliphatic heterocycles. The number of aromatic nitrogens is 2. The SMILES string of the molecule is CC[C@H](NC(=O)c1c(SSc2c(-c3ccccc3)nc3ccccc3c2C(=O)N[C@@H](CC)c2ccccc2)c(-c2ccccc2)nc2ccccc12)c1ccccc1. The van der Waals surface area contributed by atoms with Gasteiger partial charge in [0.2, 0.25) is 0 Å². The molecule has 2 heterocycles. The number of rotatable bonds is 13. The molecule has 0 saturated heterocycles. The lowest BCUT2D eigenvalue weighted by Gasteiger charge is -2.22. The van der Waals surface area contributed by atoms with Gasteiger partial charge in [-0.1, -0.05) is 172 Å². The summed E-state index contributed by atoms with van der Waals surface area (Å²) >= 11 is 0. The highest BCUT2D eigenvalue weighted by Crippen LogP contribution is 2.49. The molecule has 8 heteroatoms. The fourth-order valence-corrected chi connectivity index (χ4v) is 10.0. The smallest absolute Gasteiger partial charge is 0.253 e. The number of benzene rings is 6. The summed E-state index contributed by atoms with van der Waals surface area (Å²) in [6.07, 6.45) is 1.43. The average molecular weight is 795 g/mol. The van der Waals surface area contributed by atoms with Crippen molar-refractivity contribution >= 4 is 55.2 Å². The lowest BCUT2D eigenvalue weighted by Crippen LogP contribution is -2.29. The van der Waals surface area contributed by atoms with E-state index < -0.39 is 0 Å². The van der Waals surface area contributed by atoms with Crippen molar-refractivity contribution in [2.45, 2.75) is 48.6 Å². The fraction of sp³-hybridized carbons (Fsp3) is 0.120. The van der Waals surface area contributed by atoms with E-state index in [0.29, 0.717) is 45.1 Å². The van der Waals surface area contributed by atoms with Crippen LogP contribution in [0.4, 0.5) is 0 Å². The zero-order chi connectivity index (χ0) is 39.8. The third-order valence-electron chi connectivity index (χ3n) is 10.3. The summed E-state index contributed by atoms with van der Waals surface area (Å²) in [5.41, 5.74) is 7.72. The molecule has 0 aliphatic carbocycles. The van der Waals surface area contributed by atoms with Crippen molar-refractivity contribution in [2.75, 3.05) is 0 Å². The van der Waals surface area contributed by atoms with E-state index in [4.69, 9.17) is 9.97 Å². The Bertz CT molecular complexity index is 2510. The molecule has 0 aliphatic rings. The predicted octanol–water partition coefficient (Wildman–Crippen LogP) is 12.7. The number of amides is 2. The lowest BCUT2D eigenvalue weighted by molar-refractivity contribution is 0.0926.